The number of likely N-dealkylation sites (tertiary alicyclic amines) is 2. The number of ether oxygens (including phenoxy) is 2. The van der Waals surface area contributed by atoms with Crippen molar-refractivity contribution in [2.45, 2.75) is 167 Å². The molecule has 0 spiro atoms. The number of hydrogen-bond acceptors (Lipinski definition) is 12. The summed E-state index contributed by atoms with van der Waals surface area (Å²) >= 11 is 0. The van der Waals surface area contributed by atoms with E-state index >= 15 is 0 Å². The molecule has 2 fully saturated rings. The zero-order valence-corrected chi connectivity index (χ0v) is 48.2. The third-order valence-corrected chi connectivity index (χ3v) is 15.4. The van der Waals surface area contributed by atoms with E-state index in [1.54, 1.807) is 27.9 Å². The quantitative estimate of drug-likeness (QED) is 0.0984. The number of nitrogens with one attached hydrogen (secondary N) is 6. The molecule has 0 radical (unpaired) electrons. The van der Waals surface area contributed by atoms with Crippen molar-refractivity contribution in [1.29, 1.82) is 0 Å². The van der Waals surface area contributed by atoms with Crippen LogP contribution in [0.4, 0.5) is 0 Å². The van der Waals surface area contributed by atoms with E-state index in [-0.39, 0.29) is 74.0 Å². The van der Waals surface area contributed by atoms with Gasteiger partial charge >= 0.3 is 11.9 Å². The summed E-state index contributed by atoms with van der Waals surface area (Å²) in [6, 6.07) is 15.7. The first kappa shape index (κ1) is 62.8. The van der Waals surface area contributed by atoms with Crippen LogP contribution in [0.5, 0.6) is 0 Å². The van der Waals surface area contributed by atoms with Crippen molar-refractivity contribution in [3.05, 3.63) is 106 Å². The molecule has 0 unspecified atom stereocenters. The van der Waals surface area contributed by atoms with E-state index in [0.29, 0.717) is 12.8 Å². The lowest BCUT2D eigenvalue weighted by molar-refractivity contribution is -0.144. The molecule has 426 valence electrons. The van der Waals surface area contributed by atoms with Crippen molar-refractivity contribution in [3.8, 4) is 0 Å². The van der Waals surface area contributed by atoms with Crippen molar-refractivity contribution in [2.24, 2.45) is 10.8 Å². The normalized spacial score (nSPS) is 22.3. The predicted molar refractivity (Wildman–Crippen MR) is 300 cm³/mol. The highest BCUT2D eigenvalue weighted by Gasteiger charge is 2.49. The molecular formula is C58H80Cl2N8O10. The average molecular weight is 1120 g/mol. The number of halogens is 2. The van der Waals surface area contributed by atoms with Gasteiger partial charge in [-0.05, 0) is 118 Å². The van der Waals surface area contributed by atoms with Crippen LogP contribution in [0.25, 0.3) is 0 Å². The third kappa shape index (κ3) is 14.8. The molecule has 18 nitrogen and oxygen atoms in total. The Morgan fingerprint density at radius 1 is 0.551 bits per heavy atom. The predicted octanol–water partition coefficient (Wildman–Crippen LogP) is 5.45. The zero-order chi connectivity index (χ0) is 55.2. The summed E-state index contributed by atoms with van der Waals surface area (Å²) in [6.07, 6.45) is 3.00. The van der Waals surface area contributed by atoms with E-state index in [4.69, 9.17) is 9.47 Å². The second-order valence-electron chi connectivity index (χ2n) is 23.1. The van der Waals surface area contributed by atoms with Crippen molar-refractivity contribution >= 4 is 72.2 Å². The Labute approximate surface area is 471 Å². The number of amides is 6. The highest BCUT2D eigenvalue weighted by molar-refractivity contribution is 5.97. The first-order valence-electron chi connectivity index (χ1n) is 26.8. The Balaban J connectivity index is 0.00000560. The smallest absolute Gasteiger partial charge is 0.338 e. The van der Waals surface area contributed by atoms with Gasteiger partial charge in [0.15, 0.2) is 0 Å². The van der Waals surface area contributed by atoms with Gasteiger partial charge in [0, 0.05) is 12.8 Å². The lowest BCUT2D eigenvalue weighted by atomic mass is 9.85. The number of rotatable bonds is 16. The van der Waals surface area contributed by atoms with Crippen molar-refractivity contribution in [1.82, 2.24) is 41.7 Å². The molecule has 2 aliphatic carbocycles. The van der Waals surface area contributed by atoms with Gasteiger partial charge < -0.3 is 51.2 Å². The molecule has 0 bridgehead atoms. The molecule has 3 aromatic rings. The first-order chi connectivity index (χ1) is 36.0. The van der Waals surface area contributed by atoms with Crippen LogP contribution in [0.1, 0.15) is 149 Å². The molecule has 0 aromatic heterocycles. The fourth-order valence-corrected chi connectivity index (χ4v) is 10.7. The average Bonchev–Trinajstić information content (AvgIpc) is 4.03. The summed E-state index contributed by atoms with van der Waals surface area (Å²) in [5.41, 5.74) is 2.79. The SMILES string of the molecule is CN[C@@H](C)C(=O)N[C@H](C(=O)N1C[C@@H](OC(=O)c2cccc(C(=O)O[C@H]3C[C@@H](C(=O)N[C@H]4CCCc5ccccc54)N(C(=O)[C@@H](NC(=O)[C@H](C)NC)C(C)(C)C)C3)c2)C[C@H]1C(=O)N[C@H]1CCCc2ccccc21)C(C)(C)C.Cl.Cl. The van der Waals surface area contributed by atoms with E-state index in [1.165, 1.54) is 34.1 Å². The maximum Gasteiger partial charge on any atom is 0.338 e. The van der Waals surface area contributed by atoms with Gasteiger partial charge in [-0.25, -0.2) is 9.59 Å². The second kappa shape index (κ2) is 26.7. The molecule has 2 saturated heterocycles. The molecule has 2 aliphatic heterocycles. The Bertz CT molecular complexity index is 2500. The lowest BCUT2D eigenvalue weighted by Crippen LogP contribution is -2.59. The van der Waals surface area contributed by atoms with Crippen LogP contribution in [-0.2, 0) is 51.1 Å². The number of benzene rings is 3. The van der Waals surface area contributed by atoms with Gasteiger partial charge in [-0.3, -0.25) is 28.8 Å². The highest BCUT2D eigenvalue weighted by atomic mass is 35.5. The van der Waals surface area contributed by atoms with Crippen LogP contribution in [-0.4, -0.2) is 133 Å². The first-order valence-corrected chi connectivity index (χ1v) is 26.8. The monoisotopic (exact) mass is 1120 g/mol. The number of likely N-dealkylation sites (N-methyl/N-ethyl adjacent to an activating group) is 2. The van der Waals surface area contributed by atoms with E-state index in [2.05, 4.69) is 31.9 Å². The molecule has 20 heteroatoms. The Kier molecular flexibility index (Phi) is 21.5. The van der Waals surface area contributed by atoms with Gasteiger partial charge in [-0.1, -0.05) is 96.1 Å². The molecule has 3 aromatic carbocycles. The summed E-state index contributed by atoms with van der Waals surface area (Å²) < 4.78 is 12.1. The number of hydrogen-bond donors (Lipinski definition) is 6. The second-order valence-corrected chi connectivity index (χ2v) is 23.1. The van der Waals surface area contributed by atoms with Gasteiger partial charge in [0.1, 0.15) is 36.4 Å². The van der Waals surface area contributed by atoms with E-state index < -0.39 is 107 Å². The minimum atomic E-state index is -1.04. The number of carbonyl (C=O) groups is 8. The topological polar surface area (TPSA) is 234 Å². The number of aryl methyl sites for hydroxylation is 2. The summed E-state index contributed by atoms with van der Waals surface area (Å²) in [4.78, 5) is 115. The molecule has 7 rings (SSSR count). The zero-order valence-electron chi connectivity index (χ0n) is 46.6. The number of fused-ring (bicyclic) bond motifs is 2. The molecule has 78 heavy (non-hydrogen) atoms. The lowest BCUT2D eigenvalue weighted by Gasteiger charge is -2.36. The number of nitrogens with zero attached hydrogens (tertiary/aromatic N) is 2. The Hall–Kier alpha value is -6.08. The Morgan fingerprint density at radius 2 is 0.923 bits per heavy atom. The van der Waals surface area contributed by atoms with Crippen LogP contribution in [0.3, 0.4) is 0 Å². The van der Waals surface area contributed by atoms with Gasteiger partial charge in [0.25, 0.3) is 0 Å². The van der Waals surface area contributed by atoms with E-state index in [0.717, 1.165) is 47.9 Å². The third-order valence-electron chi connectivity index (χ3n) is 15.4. The van der Waals surface area contributed by atoms with Crippen molar-refractivity contribution < 1.29 is 47.8 Å². The molecule has 2 heterocycles. The van der Waals surface area contributed by atoms with Crippen LogP contribution in [0.2, 0.25) is 0 Å². The molecule has 6 N–H and O–H groups in total. The standard InChI is InChI=1S/C58H78N8O10.2ClH/c1-33(59-9)49(67)63-47(57(3,4)5)53(71)65-31-39(29-45(65)51(69)61-43-26-16-20-35-18-11-13-24-41(35)43)75-55(73)37-22-15-23-38(28-37)56(74)76-40-30-46(52(70)62-44-27-17-21-36-19-12-14-25-42(36)44)66(32-40)54(72)48(58(6,7)8)64-50(68)34(2)60-10;;/h11-15,18-19,22-25,28,33-34,39-40,43-48,59-60H,16-17,20-21,26-27,29-32H2,1-10H3,(H,61,69)(H,62,70)(H,63,67)(H,64,68);2*1H/t33-,34-,39-,40-,43-,44-,45-,46-,47+,48+;;/m0../s1. The molecule has 6 amide bonds. The maximum atomic E-state index is 14.7. The Morgan fingerprint density at radius 3 is 1.28 bits per heavy atom. The van der Waals surface area contributed by atoms with Gasteiger partial charge in [0.2, 0.25) is 35.4 Å². The van der Waals surface area contributed by atoms with Crippen LogP contribution in [0, 0.1) is 10.8 Å². The fraction of sp³-hybridized carbons (Fsp3) is 0.552. The van der Waals surface area contributed by atoms with Gasteiger partial charge in [0.05, 0.1) is 48.4 Å². The minimum Gasteiger partial charge on any atom is -0.457 e. The largest absolute Gasteiger partial charge is 0.457 e. The summed E-state index contributed by atoms with van der Waals surface area (Å²) in [7, 11) is 3.28. The summed E-state index contributed by atoms with van der Waals surface area (Å²) in [5, 5.41) is 17.9. The van der Waals surface area contributed by atoms with E-state index in [9.17, 15) is 38.4 Å². The molecular weight excluding hydrogens is 1040 g/mol. The maximum absolute atomic E-state index is 14.7. The van der Waals surface area contributed by atoms with Crippen LogP contribution < -0.4 is 31.9 Å². The van der Waals surface area contributed by atoms with Gasteiger partial charge in [-0.15, -0.1) is 24.8 Å². The van der Waals surface area contributed by atoms with Crippen molar-refractivity contribution in [3.63, 3.8) is 0 Å². The van der Waals surface area contributed by atoms with Gasteiger partial charge in [-0.2, -0.15) is 0 Å². The number of carbonyl (C=O) groups excluding carboxylic acids is 8. The summed E-state index contributed by atoms with van der Waals surface area (Å²) in [5.74, 6) is -4.20. The fourth-order valence-electron chi connectivity index (χ4n) is 10.7. The number of esters is 2. The van der Waals surface area contributed by atoms with Crippen LogP contribution >= 0.6 is 24.8 Å². The molecule has 10 atom stereocenters. The highest BCUT2D eigenvalue weighted by Crippen LogP contribution is 2.35. The molecule has 4 aliphatic rings. The van der Waals surface area contributed by atoms with Crippen LogP contribution in [0.15, 0.2) is 72.8 Å². The van der Waals surface area contributed by atoms with Crippen molar-refractivity contribution in [2.75, 3.05) is 27.2 Å². The minimum absolute atomic E-state index is 0. The molecule has 0 saturated carbocycles. The van der Waals surface area contributed by atoms with E-state index in [1.807, 2.05) is 90.1 Å². The summed E-state index contributed by atoms with van der Waals surface area (Å²) in [6.45, 7) is 14.0.